The van der Waals surface area contributed by atoms with Crippen LogP contribution in [0.2, 0.25) is 0 Å². The average molecular weight is 311 g/mol. The maximum Gasteiger partial charge on any atom is 0.253 e. The van der Waals surface area contributed by atoms with Crippen LogP contribution in [-0.4, -0.2) is 43.4 Å². The maximum absolute atomic E-state index is 12.1. The Labute approximate surface area is 125 Å². The van der Waals surface area contributed by atoms with Crippen molar-refractivity contribution in [3.8, 4) is 0 Å². The standard InChI is InChI=1S/C14H21N3O3S/c1-2-7-15-13-6-5-11(9-16-13)14(18)17-12-4-3-8-21(19,20)10-12/h5-6,9,12H,2-4,7-8,10H2,1H3,(H,15,16)(H,17,18). The largest absolute Gasteiger partial charge is 0.370 e. The summed E-state index contributed by atoms with van der Waals surface area (Å²) >= 11 is 0. The van der Waals surface area contributed by atoms with Crippen LogP contribution in [0.4, 0.5) is 5.82 Å². The fourth-order valence-electron chi connectivity index (χ4n) is 2.29. The van der Waals surface area contributed by atoms with Gasteiger partial charge in [0.2, 0.25) is 0 Å². The molecule has 1 fully saturated rings. The number of carbonyl (C=O) groups is 1. The van der Waals surface area contributed by atoms with Crippen molar-refractivity contribution in [3.05, 3.63) is 23.9 Å². The minimum absolute atomic E-state index is 0.0301. The molecule has 0 radical (unpaired) electrons. The number of amides is 1. The smallest absolute Gasteiger partial charge is 0.253 e. The van der Waals surface area contributed by atoms with Gasteiger partial charge < -0.3 is 10.6 Å². The molecule has 1 unspecified atom stereocenters. The molecule has 6 nitrogen and oxygen atoms in total. The van der Waals surface area contributed by atoms with E-state index in [0.717, 1.165) is 18.8 Å². The van der Waals surface area contributed by atoms with Gasteiger partial charge in [-0.1, -0.05) is 6.92 Å². The van der Waals surface area contributed by atoms with E-state index in [1.807, 2.05) is 0 Å². The zero-order valence-corrected chi connectivity index (χ0v) is 12.9. The van der Waals surface area contributed by atoms with Gasteiger partial charge in [0.1, 0.15) is 5.82 Å². The molecule has 0 spiro atoms. The molecule has 1 atom stereocenters. The third-order valence-corrected chi connectivity index (χ3v) is 5.20. The molecule has 2 heterocycles. The molecule has 0 aliphatic carbocycles. The lowest BCUT2D eigenvalue weighted by atomic mass is 10.1. The van der Waals surface area contributed by atoms with Crippen LogP contribution in [0, 0.1) is 0 Å². The average Bonchev–Trinajstić information content (AvgIpc) is 2.44. The Morgan fingerprint density at radius 2 is 2.24 bits per heavy atom. The van der Waals surface area contributed by atoms with Gasteiger partial charge >= 0.3 is 0 Å². The van der Waals surface area contributed by atoms with Gasteiger partial charge in [0.15, 0.2) is 9.84 Å². The molecule has 21 heavy (non-hydrogen) atoms. The number of pyridine rings is 1. The summed E-state index contributed by atoms with van der Waals surface area (Å²) in [6.45, 7) is 2.89. The molecule has 1 aromatic rings. The van der Waals surface area contributed by atoms with Crippen molar-refractivity contribution in [3.63, 3.8) is 0 Å². The van der Waals surface area contributed by atoms with E-state index in [2.05, 4.69) is 22.5 Å². The minimum Gasteiger partial charge on any atom is -0.370 e. The first-order chi connectivity index (χ1) is 10.00. The van der Waals surface area contributed by atoms with Gasteiger partial charge in [0, 0.05) is 18.8 Å². The number of carbonyl (C=O) groups excluding carboxylic acids is 1. The summed E-state index contributed by atoms with van der Waals surface area (Å²) in [4.78, 5) is 16.3. The molecule has 1 aliphatic rings. The zero-order valence-electron chi connectivity index (χ0n) is 12.1. The third-order valence-electron chi connectivity index (χ3n) is 3.38. The van der Waals surface area contributed by atoms with E-state index in [1.54, 1.807) is 12.1 Å². The van der Waals surface area contributed by atoms with Crippen molar-refractivity contribution in [1.29, 1.82) is 0 Å². The second-order valence-corrected chi connectivity index (χ2v) is 7.51. The summed E-state index contributed by atoms with van der Waals surface area (Å²) in [5.41, 5.74) is 0.444. The summed E-state index contributed by atoms with van der Waals surface area (Å²) in [5.74, 6) is 0.710. The van der Waals surface area contributed by atoms with E-state index < -0.39 is 9.84 Å². The molecule has 1 amide bonds. The maximum atomic E-state index is 12.1. The van der Waals surface area contributed by atoms with E-state index in [9.17, 15) is 13.2 Å². The van der Waals surface area contributed by atoms with Crippen LogP contribution in [0.25, 0.3) is 0 Å². The molecule has 7 heteroatoms. The SMILES string of the molecule is CCCNc1ccc(C(=O)NC2CCCS(=O)(=O)C2)cn1. The molecule has 1 saturated heterocycles. The summed E-state index contributed by atoms with van der Waals surface area (Å²) < 4.78 is 23.1. The summed E-state index contributed by atoms with van der Waals surface area (Å²) in [5, 5.41) is 5.91. The molecule has 2 rings (SSSR count). The van der Waals surface area contributed by atoms with Crippen molar-refractivity contribution in [1.82, 2.24) is 10.3 Å². The van der Waals surface area contributed by atoms with Gasteiger partial charge in [0.05, 0.1) is 17.1 Å². The summed E-state index contributed by atoms with van der Waals surface area (Å²) in [6, 6.07) is 3.15. The Bertz CT molecular complexity index is 584. The molecular formula is C14H21N3O3S. The second kappa shape index (κ2) is 6.89. The van der Waals surface area contributed by atoms with E-state index in [0.29, 0.717) is 18.4 Å². The summed E-state index contributed by atoms with van der Waals surface area (Å²) in [6.07, 6.45) is 3.81. The zero-order chi connectivity index (χ0) is 15.3. The Kier molecular flexibility index (Phi) is 5.17. The first-order valence-electron chi connectivity index (χ1n) is 7.21. The van der Waals surface area contributed by atoms with Crippen molar-refractivity contribution in [2.75, 3.05) is 23.4 Å². The lowest BCUT2D eigenvalue weighted by Gasteiger charge is -2.22. The fourth-order valence-corrected chi connectivity index (χ4v) is 3.93. The van der Waals surface area contributed by atoms with Gasteiger partial charge in [-0.2, -0.15) is 0 Å². The van der Waals surface area contributed by atoms with Gasteiger partial charge in [-0.25, -0.2) is 13.4 Å². The van der Waals surface area contributed by atoms with Crippen molar-refractivity contribution in [2.24, 2.45) is 0 Å². The number of hydrogen-bond acceptors (Lipinski definition) is 5. The van der Waals surface area contributed by atoms with Gasteiger partial charge in [-0.3, -0.25) is 4.79 Å². The molecule has 1 aromatic heterocycles. The molecule has 2 N–H and O–H groups in total. The van der Waals surface area contributed by atoms with E-state index in [1.165, 1.54) is 6.20 Å². The predicted molar refractivity (Wildman–Crippen MR) is 82.2 cm³/mol. The summed E-state index contributed by atoms with van der Waals surface area (Å²) in [7, 11) is -3.02. The second-order valence-electron chi connectivity index (χ2n) is 5.29. The highest BCUT2D eigenvalue weighted by molar-refractivity contribution is 7.91. The van der Waals surface area contributed by atoms with Crippen molar-refractivity contribution in [2.45, 2.75) is 32.2 Å². The Hall–Kier alpha value is -1.63. The van der Waals surface area contributed by atoms with E-state index >= 15 is 0 Å². The molecule has 0 saturated carbocycles. The molecule has 116 valence electrons. The van der Waals surface area contributed by atoms with Gasteiger partial charge in [-0.05, 0) is 31.4 Å². The molecular weight excluding hydrogens is 290 g/mol. The Morgan fingerprint density at radius 3 is 2.86 bits per heavy atom. The topological polar surface area (TPSA) is 88.2 Å². The first-order valence-corrected chi connectivity index (χ1v) is 9.03. The number of anilines is 1. The van der Waals surface area contributed by atoms with Crippen LogP contribution >= 0.6 is 0 Å². The lowest BCUT2D eigenvalue weighted by Crippen LogP contribution is -2.43. The van der Waals surface area contributed by atoms with Crippen molar-refractivity contribution < 1.29 is 13.2 Å². The van der Waals surface area contributed by atoms with E-state index in [-0.39, 0.29) is 23.5 Å². The third kappa shape index (κ3) is 4.70. The molecule has 0 bridgehead atoms. The number of nitrogens with zero attached hydrogens (tertiary/aromatic N) is 1. The first kappa shape index (κ1) is 15.8. The monoisotopic (exact) mass is 311 g/mol. The Morgan fingerprint density at radius 1 is 1.43 bits per heavy atom. The number of nitrogens with one attached hydrogen (secondary N) is 2. The highest BCUT2D eigenvalue weighted by Crippen LogP contribution is 2.13. The minimum atomic E-state index is -3.02. The van der Waals surface area contributed by atoms with E-state index in [4.69, 9.17) is 0 Å². The quantitative estimate of drug-likeness (QED) is 0.853. The number of sulfone groups is 1. The lowest BCUT2D eigenvalue weighted by molar-refractivity contribution is 0.0938. The van der Waals surface area contributed by atoms with Crippen molar-refractivity contribution >= 4 is 21.6 Å². The van der Waals surface area contributed by atoms with Crippen LogP contribution in [0.1, 0.15) is 36.5 Å². The molecule has 0 aromatic carbocycles. The highest BCUT2D eigenvalue weighted by atomic mass is 32.2. The van der Waals surface area contributed by atoms with Crippen LogP contribution in [0.5, 0.6) is 0 Å². The number of aromatic nitrogens is 1. The van der Waals surface area contributed by atoms with Gasteiger partial charge in [0.25, 0.3) is 5.91 Å². The highest BCUT2D eigenvalue weighted by Gasteiger charge is 2.26. The fraction of sp³-hybridized carbons (Fsp3) is 0.571. The van der Waals surface area contributed by atoms with Crippen LogP contribution in [-0.2, 0) is 9.84 Å². The van der Waals surface area contributed by atoms with Crippen LogP contribution in [0.3, 0.4) is 0 Å². The van der Waals surface area contributed by atoms with Gasteiger partial charge in [-0.15, -0.1) is 0 Å². The molecule has 1 aliphatic heterocycles. The van der Waals surface area contributed by atoms with Crippen LogP contribution < -0.4 is 10.6 Å². The number of hydrogen-bond donors (Lipinski definition) is 2. The van der Waals surface area contributed by atoms with Crippen LogP contribution in [0.15, 0.2) is 18.3 Å². The number of rotatable bonds is 5. The normalized spacial score (nSPS) is 20.7. The Balaban J connectivity index is 1.94. The predicted octanol–water partition coefficient (Wildman–Crippen LogP) is 1.21.